The minimum Gasteiger partial charge on any atom is -0.497 e. The molecule has 0 spiro atoms. The van der Waals surface area contributed by atoms with Crippen LogP contribution in [0.25, 0.3) is 11.4 Å². The van der Waals surface area contributed by atoms with E-state index in [1.807, 2.05) is 60.1 Å². The molecule has 148 valence electrons. The average Bonchev–Trinajstić information content (AvgIpc) is 3.08. The Morgan fingerprint density at radius 1 is 1.14 bits per heavy atom. The summed E-state index contributed by atoms with van der Waals surface area (Å²) in [6.07, 6.45) is -0.617. The van der Waals surface area contributed by atoms with Crippen molar-refractivity contribution in [2.75, 3.05) is 19.5 Å². The second kappa shape index (κ2) is 9.93. The molecule has 0 fully saturated rings. The minimum absolute atomic E-state index is 0.224. The molecule has 3 aromatic rings. The van der Waals surface area contributed by atoms with Crippen molar-refractivity contribution in [3.63, 3.8) is 0 Å². The van der Waals surface area contributed by atoms with E-state index in [0.29, 0.717) is 17.4 Å². The zero-order valence-electron chi connectivity index (χ0n) is 15.7. The fourth-order valence-corrected chi connectivity index (χ4v) is 3.58. The van der Waals surface area contributed by atoms with Gasteiger partial charge in [-0.2, -0.15) is 0 Å². The van der Waals surface area contributed by atoms with Crippen LogP contribution in [0.15, 0.2) is 53.7 Å². The number of aromatic nitrogens is 3. The number of aliphatic hydroxyl groups is 1. The van der Waals surface area contributed by atoms with E-state index in [-0.39, 0.29) is 6.61 Å². The average molecular weight is 420 g/mol. The predicted molar refractivity (Wildman–Crippen MR) is 111 cm³/mol. The number of hydrogen-bond acceptors (Lipinski definition) is 6. The molecule has 0 aliphatic rings. The topological polar surface area (TPSA) is 69.4 Å². The van der Waals surface area contributed by atoms with Crippen molar-refractivity contribution in [1.82, 2.24) is 14.8 Å². The van der Waals surface area contributed by atoms with Crippen LogP contribution >= 0.6 is 23.4 Å². The van der Waals surface area contributed by atoms with E-state index in [4.69, 9.17) is 21.1 Å². The lowest BCUT2D eigenvalue weighted by atomic mass is 10.2. The first-order valence-corrected chi connectivity index (χ1v) is 10.1. The third-order valence-corrected chi connectivity index (χ3v) is 5.65. The number of aliphatic hydroxyl groups excluding tert-OH is 1. The summed E-state index contributed by atoms with van der Waals surface area (Å²) in [4.78, 5) is 0. The molecule has 1 atom stereocenters. The maximum Gasteiger partial charge on any atom is 0.191 e. The van der Waals surface area contributed by atoms with Gasteiger partial charge in [0.15, 0.2) is 11.0 Å². The monoisotopic (exact) mass is 419 g/mol. The van der Waals surface area contributed by atoms with Gasteiger partial charge in [-0.05, 0) is 35.9 Å². The van der Waals surface area contributed by atoms with Crippen LogP contribution < -0.4 is 4.74 Å². The summed E-state index contributed by atoms with van der Waals surface area (Å²) in [5, 5.41) is 20.1. The lowest BCUT2D eigenvalue weighted by molar-refractivity contribution is 0.0398. The van der Waals surface area contributed by atoms with Crippen LogP contribution in [0.3, 0.4) is 0 Å². The number of thioether (sulfide) groups is 1. The first-order chi connectivity index (χ1) is 13.6. The third-order valence-electron chi connectivity index (χ3n) is 4.11. The Hall–Kier alpha value is -2.06. The summed E-state index contributed by atoms with van der Waals surface area (Å²) in [5.74, 6) is 2.01. The number of methoxy groups -OCH3 is 1. The van der Waals surface area contributed by atoms with E-state index in [1.54, 1.807) is 7.11 Å². The molecule has 1 heterocycles. The van der Waals surface area contributed by atoms with Crippen LogP contribution in [0.1, 0.15) is 5.56 Å². The van der Waals surface area contributed by atoms with Crippen molar-refractivity contribution >= 4 is 23.4 Å². The molecule has 0 saturated carbocycles. The van der Waals surface area contributed by atoms with Gasteiger partial charge in [0.1, 0.15) is 5.75 Å². The Kier molecular flexibility index (Phi) is 7.33. The van der Waals surface area contributed by atoms with E-state index in [1.165, 1.54) is 11.8 Å². The van der Waals surface area contributed by atoms with Crippen LogP contribution in [-0.4, -0.2) is 45.4 Å². The van der Waals surface area contributed by atoms with E-state index >= 15 is 0 Å². The van der Waals surface area contributed by atoms with Gasteiger partial charge in [0.05, 0.1) is 26.4 Å². The van der Waals surface area contributed by atoms with Gasteiger partial charge >= 0.3 is 0 Å². The zero-order chi connectivity index (χ0) is 19.9. The Morgan fingerprint density at radius 2 is 1.89 bits per heavy atom. The smallest absolute Gasteiger partial charge is 0.191 e. The van der Waals surface area contributed by atoms with Crippen LogP contribution in [0.2, 0.25) is 5.02 Å². The fraction of sp³-hybridized carbons (Fsp3) is 0.300. The van der Waals surface area contributed by atoms with Gasteiger partial charge < -0.3 is 19.1 Å². The summed E-state index contributed by atoms with van der Waals surface area (Å²) in [6.45, 7) is 0.592. The summed E-state index contributed by atoms with van der Waals surface area (Å²) in [6, 6.07) is 15.2. The maximum absolute atomic E-state index is 10.2. The quantitative estimate of drug-likeness (QED) is 0.532. The first kappa shape index (κ1) is 20.7. The Labute approximate surface area is 173 Å². The number of ether oxygens (including phenoxy) is 2. The van der Waals surface area contributed by atoms with Crippen LogP contribution in [-0.2, 0) is 18.4 Å². The van der Waals surface area contributed by atoms with Gasteiger partial charge in [0.2, 0.25) is 0 Å². The number of nitrogens with zero attached hydrogens (tertiary/aromatic N) is 3. The van der Waals surface area contributed by atoms with Crippen LogP contribution in [0.4, 0.5) is 0 Å². The molecule has 0 radical (unpaired) electrons. The lowest BCUT2D eigenvalue weighted by Gasteiger charge is -2.11. The maximum atomic E-state index is 10.2. The molecule has 0 amide bonds. The summed E-state index contributed by atoms with van der Waals surface area (Å²) >= 11 is 7.53. The molecule has 1 unspecified atom stereocenters. The van der Waals surface area contributed by atoms with Crippen molar-refractivity contribution in [2.45, 2.75) is 17.9 Å². The fourth-order valence-electron chi connectivity index (χ4n) is 2.57. The Balaban J connectivity index is 1.50. The molecule has 8 heteroatoms. The van der Waals surface area contributed by atoms with Gasteiger partial charge in [-0.15, -0.1) is 10.2 Å². The van der Waals surface area contributed by atoms with Crippen molar-refractivity contribution in [3.05, 3.63) is 59.1 Å². The molecule has 6 nitrogen and oxygen atoms in total. The first-order valence-electron chi connectivity index (χ1n) is 8.74. The van der Waals surface area contributed by atoms with Crippen LogP contribution in [0, 0.1) is 0 Å². The highest BCUT2D eigenvalue weighted by Crippen LogP contribution is 2.25. The minimum atomic E-state index is -0.617. The molecule has 1 aromatic heterocycles. The van der Waals surface area contributed by atoms with Gasteiger partial charge in [-0.3, -0.25) is 0 Å². The van der Waals surface area contributed by atoms with Gasteiger partial charge in [0, 0.05) is 23.4 Å². The largest absolute Gasteiger partial charge is 0.497 e. The molecule has 0 saturated heterocycles. The number of halogens is 1. The van der Waals surface area contributed by atoms with Crippen molar-refractivity contribution in [1.29, 1.82) is 0 Å². The Bertz CT molecular complexity index is 902. The van der Waals surface area contributed by atoms with Gasteiger partial charge in [-0.1, -0.05) is 41.6 Å². The second-order valence-corrected chi connectivity index (χ2v) is 7.56. The highest BCUT2D eigenvalue weighted by Gasteiger charge is 2.14. The predicted octanol–water partition coefficient (Wildman–Crippen LogP) is 3.81. The second-order valence-electron chi connectivity index (χ2n) is 6.17. The van der Waals surface area contributed by atoms with E-state index < -0.39 is 6.10 Å². The molecular weight excluding hydrogens is 398 g/mol. The summed E-state index contributed by atoms with van der Waals surface area (Å²) in [5.41, 5.74) is 1.85. The molecule has 28 heavy (non-hydrogen) atoms. The highest BCUT2D eigenvalue weighted by molar-refractivity contribution is 7.99. The number of rotatable bonds is 9. The molecular formula is C20H22ClN3O3S. The molecule has 0 aliphatic carbocycles. The standard InChI is InChI=1S/C20H22ClN3O3S/c1-24-19(14-7-9-17(26-2)10-8-14)22-23-20(24)28-13-16(25)12-27-11-15-5-3-4-6-18(15)21/h3-10,16,25H,11-13H2,1-2H3. The number of benzene rings is 2. The molecule has 0 aliphatic heterocycles. The van der Waals surface area contributed by atoms with Crippen molar-refractivity contribution in [2.24, 2.45) is 7.05 Å². The Morgan fingerprint density at radius 3 is 2.61 bits per heavy atom. The lowest BCUT2D eigenvalue weighted by Crippen LogP contribution is -2.18. The molecule has 0 bridgehead atoms. The zero-order valence-corrected chi connectivity index (χ0v) is 17.3. The normalized spacial score (nSPS) is 12.1. The summed E-state index contributed by atoms with van der Waals surface area (Å²) < 4.78 is 12.7. The van der Waals surface area contributed by atoms with E-state index in [0.717, 1.165) is 27.9 Å². The highest BCUT2D eigenvalue weighted by atomic mass is 35.5. The molecule has 2 aromatic carbocycles. The van der Waals surface area contributed by atoms with Crippen LogP contribution in [0.5, 0.6) is 5.75 Å². The van der Waals surface area contributed by atoms with Gasteiger partial charge in [-0.25, -0.2) is 0 Å². The van der Waals surface area contributed by atoms with Crippen molar-refractivity contribution < 1.29 is 14.6 Å². The third kappa shape index (κ3) is 5.26. The molecule has 1 N–H and O–H groups in total. The SMILES string of the molecule is COc1ccc(-c2nnc(SCC(O)COCc3ccccc3Cl)n2C)cc1. The van der Waals surface area contributed by atoms with E-state index in [9.17, 15) is 5.11 Å². The van der Waals surface area contributed by atoms with Crippen molar-refractivity contribution in [3.8, 4) is 17.1 Å². The van der Waals surface area contributed by atoms with Gasteiger partial charge in [0.25, 0.3) is 0 Å². The summed E-state index contributed by atoms with van der Waals surface area (Å²) in [7, 11) is 3.54. The number of hydrogen-bond donors (Lipinski definition) is 1. The van der Waals surface area contributed by atoms with E-state index in [2.05, 4.69) is 10.2 Å². The molecule has 3 rings (SSSR count).